The van der Waals surface area contributed by atoms with E-state index in [1.54, 1.807) is 54.9 Å². The molecule has 14 heteroatoms. The Balaban J connectivity index is 0.00000264. The zero-order valence-electron chi connectivity index (χ0n) is 23.4. The molecule has 0 radical (unpaired) electrons. The molecule has 1 saturated heterocycles. The summed E-state index contributed by atoms with van der Waals surface area (Å²) in [5, 5.41) is 3.64. The number of pyridine rings is 1. The summed E-state index contributed by atoms with van der Waals surface area (Å²) in [5.74, 6) is 0.228. The Labute approximate surface area is 279 Å². The largest absolute Gasteiger partial charge is 0.454 e. The van der Waals surface area contributed by atoms with Crippen LogP contribution in [-0.2, 0) is 10.0 Å². The van der Waals surface area contributed by atoms with Crippen molar-refractivity contribution in [2.45, 2.75) is 4.90 Å². The van der Waals surface area contributed by atoms with Gasteiger partial charge in [-0.2, -0.15) is 0 Å². The minimum Gasteiger partial charge on any atom is -0.454 e. The van der Waals surface area contributed by atoms with E-state index in [1.807, 2.05) is 12.1 Å². The number of sulfonamides is 1. The Morgan fingerprint density at radius 3 is 2.32 bits per heavy atom. The fourth-order valence-corrected chi connectivity index (χ4v) is 6.10. The molecule has 234 valence electrons. The Morgan fingerprint density at radius 1 is 0.864 bits per heavy atom. The fourth-order valence-electron chi connectivity index (χ4n) is 4.54. The van der Waals surface area contributed by atoms with Crippen LogP contribution >= 0.6 is 48.0 Å². The molecule has 0 unspecified atom stereocenters. The van der Waals surface area contributed by atoms with Gasteiger partial charge in [-0.05, 0) is 60.7 Å². The van der Waals surface area contributed by atoms with E-state index in [0.717, 1.165) is 31.9 Å². The van der Waals surface area contributed by atoms with Crippen LogP contribution in [0, 0.1) is 0 Å². The minimum absolute atomic E-state index is 0. The molecule has 44 heavy (non-hydrogen) atoms. The van der Waals surface area contributed by atoms with Gasteiger partial charge in [-0.15, -0.1) is 24.8 Å². The number of nitrogens with one attached hydrogen (secondary N) is 2. The normalized spacial score (nSPS) is 13.3. The Bertz CT molecular complexity index is 1660. The molecule has 2 heterocycles. The van der Waals surface area contributed by atoms with Gasteiger partial charge >= 0.3 is 0 Å². The third-order valence-electron chi connectivity index (χ3n) is 6.77. The molecule has 0 saturated carbocycles. The first-order chi connectivity index (χ1) is 20.3. The van der Waals surface area contributed by atoms with Gasteiger partial charge in [0, 0.05) is 67.9 Å². The topological polar surface area (TPSA) is 104 Å². The highest BCUT2D eigenvalue weighted by Gasteiger charge is 2.20. The van der Waals surface area contributed by atoms with Gasteiger partial charge in [0.1, 0.15) is 5.75 Å². The quantitative estimate of drug-likeness (QED) is 0.198. The number of carbonyl (C=O) groups excluding carboxylic acids is 1. The number of ether oxygens (including phenoxy) is 1. The summed E-state index contributed by atoms with van der Waals surface area (Å²) in [6, 6.07) is 21.2. The summed E-state index contributed by atoms with van der Waals surface area (Å²) in [5.41, 5.74) is 1.62. The third kappa shape index (κ3) is 9.13. The van der Waals surface area contributed by atoms with E-state index in [-0.39, 0.29) is 57.6 Å². The SMILES string of the molecule is Cl.Cl.O=C(NCCN1CCN(c2ccncc2)CC1)c1cccc(S(=O)(=O)Nc2ccccc2Oc2ccc(Cl)cc2Cl)c1. The van der Waals surface area contributed by atoms with Gasteiger partial charge < -0.3 is 15.0 Å². The standard InChI is InChI=1S/C30H29Cl2N5O4S.2ClH/c31-23-8-9-28(26(32)21-23)41-29-7-2-1-6-27(29)35-42(39,40)25-5-3-4-22(20-25)30(38)34-14-15-36-16-18-37(19-17-36)24-10-12-33-13-11-24;;/h1-13,20-21,35H,14-19H2,(H,34,38);2*1H. The van der Waals surface area contributed by atoms with Gasteiger partial charge in [0.05, 0.1) is 15.6 Å². The minimum atomic E-state index is -4.05. The molecule has 1 fully saturated rings. The maximum absolute atomic E-state index is 13.3. The van der Waals surface area contributed by atoms with E-state index < -0.39 is 10.0 Å². The highest BCUT2D eigenvalue weighted by Crippen LogP contribution is 2.35. The molecule has 0 aliphatic carbocycles. The zero-order chi connectivity index (χ0) is 29.5. The van der Waals surface area contributed by atoms with Gasteiger partial charge in [-0.25, -0.2) is 8.42 Å². The van der Waals surface area contributed by atoms with Gasteiger partial charge in [-0.3, -0.25) is 19.4 Å². The van der Waals surface area contributed by atoms with Crippen LogP contribution < -0.4 is 19.7 Å². The van der Waals surface area contributed by atoms with Crippen LogP contribution in [0.3, 0.4) is 0 Å². The van der Waals surface area contributed by atoms with Crippen molar-refractivity contribution < 1.29 is 17.9 Å². The number of para-hydroxylation sites is 2. The summed E-state index contributed by atoms with van der Waals surface area (Å²) in [7, 11) is -4.05. The number of amides is 1. The highest BCUT2D eigenvalue weighted by atomic mass is 35.5. The van der Waals surface area contributed by atoms with E-state index in [4.69, 9.17) is 27.9 Å². The average Bonchev–Trinajstić information content (AvgIpc) is 3.00. The molecule has 0 spiro atoms. The van der Waals surface area contributed by atoms with Crippen molar-refractivity contribution in [1.82, 2.24) is 15.2 Å². The third-order valence-corrected chi connectivity index (χ3v) is 8.66. The molecule has 9 nitrogen and oxygen atoms in total. The predicted molar refractivity (Wildman–Crippen MR) is 180 cm³/mol. The van der Waals surface area contributed by atoms with Gasteiger partial charge in [0.25, 0.3) is 15.9 Å². The molecule has 2 N–H and O–H groups in total. The van der Waals surface area contributed by atoms with Crippen LogP contribution in [0.1, 0.15) is 10.4 Å². The van der Waals surface area contributed by atoms with Crippen molar-refractivity contribution in [3.05, 3.63) is 107 Å². The first kappa shape index (κ1) is 35.2. The van der Waals surface area contributed by atoms with Crippen LogP contribution in [0.15, 0.2) is 96.2 Å². The number of piperazine rings is 1. The van der Waals surface area contributed by atoms with Crippen molar-refractivity contribution in [2.24, 2.45) is 0 Å². The molecule has 4 aromatic rings. The monoisotopic (exact) mass is 697 g/mol. The smallest absolute Gasteiger partial charge is 0.262 e. The number of anilines is 2. The number of nitrogens with zero attached hydrogens (tertiary/aromatic N) is 3. The number of rotatable bonds is 10. The lowest BCUT2D eigenvalue weighted by Crippen LogP contribution is -2.48. The fraction of sp³-hybridized carbons (Fsp3) is 0.200. The zero-order valence-corrected chi connectivity index (χ0v) is 27.3. The highest BCUT2D eigenvalue weighted by molar-refractivity contribution is 7.92. The molecular weight excluding hydrogens is 668 g/mol. The molecular formula is C30H31Cl4N5O4S. The Hall–Kier alpha value is -3.25. The molecule has 3 aromatic carbocycles. The lowest BCUT2D eigenvalue weighted by atomic mass is 10.2. The van der Waals surface area contributed by atoms with Crippen LogP contribution in [0.5, 0.6) is 11.5 Å². The van der Waals surface area contributed by atoms with Crippen LogP contribution in [0.2, 0.25) is 10.0 Å². The summed E-state index contributed by atoms with van der Waals surface area (Å²) in [6.07, 6.45) is 3.58. The van der Waals surface area contributed by atoms with Crippen LogP contribution in [-0.4, -0.2) is 63.5 Å². The number of hydrogen-bond acceptors (Lipinski definition) is 7. The molecule has 5 rings (SSSR count). The number of hydrogen-bond donors (Lipinski definition) is 2. The number of halogens is 4. The Morgan fingerprint density at radius 2 is 1.59 bits per heavy atom. The lowest BCUT2D eigenvalue weighted by Gasteiger charge is -2.36. The van der Waals surface area contributed by atoms with E-state index in [2.05, 4.69) is 24.8 Å². The molecule has 1 aliphatic heterocycles. The van der Waals surface area contributed by atoms with Crippen molar-refractivity contribution in [1.29, 1.82) is 0 Å². The van der Waals surface area contributed by atoms with Gasteiger partial charge in [-0.1, -0.05) is 41.4 Å². The van der Waals surface area contributed by atoms with E-state index in [1.165, 1.54) is 24.3 Å². The second-order valence-corrected chi connectivity index (χ2v) is 12.1. The van der Waals surface area contributed by atoms with Crippen molar-refractivity contribution in [2.75, 3.05) is 48.9 Å². The molecule has 0 atom stereocenters. The number of carbonyl (C=O) groups is 1. The maximum atomic E-state index is 13.3. The van der Waals surface area contributed by atoms with Gasteiger partial charge in [0.2, 0.25) is 0 Å². The molecule has 1 amide bonds. The molecule has 1 aliphatic rings. The van der Waals surface area contributed by atoms with Crippen molar-refractivity contribution >= 4 is 75.3 Å². The maximum Gasteiger partial charge on any atom is 0.262 e. The van der Waals surface area contributed by atoms with E-state index >= 15 is 0 Å². The lowest BCUT2D eigenvalue weighted by molar-refractivity contribution is 0.0947. The summed E-state index contributed by atoms with van der Waals surface area (Å²) < 4.78 is 35.0. The van der Waals surface area contributed by atoms with Gasteiger partial charge in [0.15, 0.2) is 5.75 Å². The number of aromatic nitrogens is 1. The van der Waals surface area contributed by atoms with Crippen molar-refractivity contribution in [3.8, 4) is 11.5 Å². The van der Waals surface area contributed by atoms with Crippen LogP contribution in [0.4, 0.5) is 11.4 Å². The Kier molecular flexibility index (Phi) is 12.9. The second kappa shape index (κ2) is 16.2. The summed E-state index contributed by atoms with van der Waals surface area (Å²) in [4.78, 5) is 21.5. The molecule has 1 aromatic heterocycles. The van der Waals surface area contributed by atoms with E-state index in [0.29, 0.717) is 23.9 Å². The average molecular weight is 699 g/mol. The first-order valence-electron chi connectivity index (χ1n) is 13.3. The van der Waals surface area contributed by atoms with Crippen LogP contribution in [0.25, 0.3) is 0 Å². The molecule has 0 bridgehead atoms. The van der Waals surface area contributed by atoms with E-state index in [9.17, 15) is 13.2 Å². The second-order valence-electron chi connectivity index (χ2n) is 9.60. The summed E-state index contributed by atoms with van der Waals surface area (Å²) in [6.45, 7) is 4.70. The predicted octanol–water partition coefficient (Wildman–Crippen LogP) is 6.38. The van der Waals surface area contributed by atoms with Crippen molar-refractivity contribution in [3.63, 3.8) is 0 Å². The first-order valence-corrected chi connectivity index (χ1v) is 15.5. The summed E-state index contributed by atoms with van der Waals surface area (Å²) >= 11 is 12.2. The number of benzene rings is 3.